The van der Waals surface area contributed by atoms with Crippen molar-refractivity contribution < 1.29 is 19.1 Å². The van der Waals surface area contributed by atoms with Crippen molar-refractivity contribution in [1.82, 2.24) is 4.57 Å². The quantitative estimate of drug-likeness (QED) is 0.726. The number of anilines is 1. The van der Waals surface area contributed by atoms with Crippen LogP contribution in [0.5, 0.6) is 5.75 Å². The highest BCUT2D eigenvalue weighted by Crippen LogP contribution is 2.24. The van der Waals surface area contributed by atoms with Gasteiger partial charge in [-0.1, -0.05) is 30.3 Å². The second kappa shape index (κ2) is 7.09. The van der Waals surface area contributed by atoms with Crippen LogP contribution in [0.15, 0.2) is 54.7 Å². The Bertz CT molecular complexity index is 930. The van der Waals surface area contributed by atoms with E-state index in [0.29, 0.717) is 17.0 Å². The number of fused-ring (bicyclic) bond motifs is 1. The molecule has 0 saturated carbocycles. The summed E-state index contributed by atoms with van der Waals surface area (Å²) in [6, 6.07) is 14.6. The summed E-state index contributed by atoms with van der Waals surface area (Å²) in [6.45, 7) is 0.0650. The zero-order valence-electron chi connectivity index (χ0n) is 14.0. The van der Waals surface area contributed by atoms with Crippen LogP contribution in [0, 0.1) is 0 Å². The van der Waals surface area contributed by atoms with E-state index in [1.54, 1.807) is 30.0 Å². The van der Waals surface area contributed by atoms with E-state index in [-0.39, 0.29) is 12.5 Å². The molecule has 0 aliphatic carbocycles. The van der Waals surface area contributed by atoms with E-state index in [0.717, 1.165) is 10.9 Å². The molecule has 2 aromatic carbocycles. The Morgan fingerprint density at radius 1 is 1.04 bits per heavy atom. The number of amides is 1. The Balaban J connectivity index is 1.88. The highest BCUT2D eigenvalue weighted by atomic mass is 16.5. The molecule has 0 saturated heterocycles. The number of nitrogens with zero attached hydrogens (tertiary/aromatic N) is 1. The summed E-state index contributed by atoms with van der Waals surface area (Å²) in [6.07, 6.45) is 1.64. The van der Waals surface area contributed by atoms with Crippen molar-refractivity contribution >= 4 is 28.5 Å². The van der Waals surface area contributed by atoms with E-state index in [2.05, 4.69) is 5.32 Å². The molecule has 1 aromatic heterocycles. The summed E-state index contributed by atoms with van der Waals surface area (Å²) in [5.74, 6) is -0.0646. The molecule has 25 heavy (non-hydrogen) atoms. The zero-order chi connectivity index (χ0) is 17.8. The molecule has 3 rings (SSSR count). The van der Waals surface area contributed by atoms with Crippen LogP contribution >= 0.6 is 0 Å². The first-order valence-electron chi connectivity index (χ1n) is 7.73. The maximum Gasteiger partial charge on any atom is 0.340 e. The van der Waals surface area contributed by atoms with Crippen LogP contribution in [0.25, 0.3) is 10.9 Å². The molecule has 128 valence electrons. The number of carbonyl (C=O) groups is 2. The Morgan fingerprint density at radius 2 is 1.76 bits per heavy atom. The third-order valence-electron chi connectivity index (χ3n) is 3.89. The summed E-state index contributed by atoms with van der Waals surface area (Å²) in [4.78, 5) is 24.4. The van der Waals surface area contributed by atoms with Crippen molar-refractivity contribution in [2.45, 2.75) is 6.54 Å². The third-order valence-corrected chi connectivity index (χ3v) is 3.89. The number of para-hydroxylation sites is 3. The molecule has 0 unspecified atom stereocenters. The van der Waals surface area contributed by atoms with Crippen LogP contribution in [-0.4, -0.2) is 30.7 Å². The lowest BCUT2D eigenvalue weighted by atomic mass is 10.2. The molecule has 0 spiro atoms. The number of methoxy groups -OCH3 is 2. The standard InChI is InChI=1S/C19H18N2O4/c1-24-17-10-6-4-8-15(17)20-18(22)12-21-11-14(19(23)25-2)13-7-3-5-9-16(13)21/h3-11H,12H2,1-2H3,(H,20,22). The number of esters is 1. The number of carbonyl (C=O) groups excluding carboxylic acids is 2. The summed E-state index contributed by atoms with van der Waals surface area (Å²) in [5.41, 5.74) is 1.82. The van der Waals surface area contributed by atoms with E-state index < -0.39 is 5.97 Å². The number of nitrogens with one attached hydrogen (secondary N) is 1. The molecule has 0 fully saturated rings. The largest absolute Gasteiger partial charge is 0.495 e. The van der Waals surface area contributed by atoms with Crippen molar-refractivity contribution in [3.8, 4) is 5.75 Å². The Morgan fingerprint density at radius 3 is 2.52 bits per heavy atom. The van der Waals surface area contributed by atoms with Crippen molar-refractivity contribution in [2.75, 3.05) is 19.5 Å². The van der Waals surface area contributed by atoms with E-state index in [9.17, 15) is 9.59 Å². The summed E-state index contributed by atoms with van der Waals surface area (Å²) < 4.78 is 11.8. The maximum absolute atomic E-state index is 12.4. The summed E-state index contributed by atoms with van der Waals surface area (Å²) in [5, 5.41) is 3.58. The number of ether oxygens (including phenoxy) is 2. The molecule has 0 aliphatic rings. The minimum Gasteiger partial charge on any atom is -0.495 e. The Labute approximate surface area is 145 Å². The van der Waals surface area contributed by atoms with Crippen LogP contribution < -0.4 is 10.1 Å². The number of hydrogen-bond acceptors (Lipinski definition) is 4. The Kier molecular flexibility index (Phi) is 4.70. The van der Waals surface area contributed by atoms with Crippen LogP contribution in [0.2, 0.25) is 0 Å². The lowest BCUT2D eigenvalue weighted by Gasteiger charge is -2.10. The number of rotatable bonds is 5. The summed E-state index contributed by atoms with van der Waals surface area (Å²) in [7, 11) is 2.88. The van der Waals surface area contributed by atoms with Gasteiger partial charge in [0.05, 0.1) is 25.5 Å². The SMILES string of the molecule is COC(=O)c1cn(CC(=O)Nc2ccccc2OC)c2ccccc12. The minimum absolute atomic E-state index is 0.0650. The average molecular weight is 338 g/mol. The molecule has 3 aromatic rings. The van der Waals surface area contributed by atoms with Gasteiger partial charge in [0.2, 0.25) is 5.91 Å². The van der Waals surface area contributed by atoms with Crippen molar-refractivity contribution in [3.63, 3.8) is 0 Å². The van der Waals surface area contributed by atoms with Gasteiger partial charge in [-0.2, -0.15) is 0 Å². The van der Waals surface area contributed by atoms with Gasteiger partial charge in [-0.25, -0.2) is 4.79 Å². The predicted octanol–water partition coefficient (Wildman–Crippen LogP) is 3.08. The number of hydrogen-bond donors (Lipinski definition) is 1. The minimum atomic E-state index is -0.430. The van der Waals surface area contributed by atoms with Crippen LogP contribution in [0.3, 0.4) is 0 Å². The fourth-order valence-corrected chi connectivity index (χ4v) is 2.74. The molecule has 0 radical (unpaired) electrons. The maximum atomic E-state index is 12.4. The van der Waals surface area contributed by atoms with Crippen molar-refractivity contribution in [1.29, 1.82) is 0 Å². The molecule has 6 nitrogen and oxygen atoms in total. The van der Waals surface area contributed by atoms with Gasteiger partial charge in [0.25, 0.3) is 0 Å². The number of aromatic nitrogens is 1. The van der Waals surface area contributed by atoms with E-state index in [4.69, 9.17) is 9.47 Å². The van der Waals surface area contributed by atoms with Gasteiger partial charge < -0.3 is 19.4 Å². The smallest absolute Gasteiger partial charge is 0.340 e. The predicted molar refractivity (Wildman–Crippen MR) is 94.9 cm³/mol. The lowest BCUT2D eigenvalue weighted by Crippen LogP contribution is -2.18. The summed E-state index contributed by atoms with van der Waals surface area (Å²) >= 11 is 0. The molecule has 0 atom stereocenters. The van der Waals surface area contributed by atoms with Crippen LogP contribution in [-0.2, 0) is 16.1 Å². The average Bonchev–Trinajstić information content (AvgIpc) is 3.00. The van der Waals surface area contributed by atoms with Crippen LogP contribution in [0.1, 0.15) is 10.4 Å². The zero-order valence-corrected chi connectivity index (χ0v) is 14.0. The van der Waals surface area contributed by atoms with Crippen LogP contribution in [0.4, 0.5) is 5.69 Å². The second-order valence-electron chi connectivity index (χ2n) is 5.43. The van der Waals surface area contributed by atoms with E-state index >= 15 is 0 Å². The first-order valence-corrected chi connectivity index (χ1v) is 7.73. The first kappa shape index (κ1) is 16.6. The molecular formula is C19H18N2O4. The Hall–Kier alpha value is -3.28. The highest BCUT2D eigenvalue weighted by Gasteiger charge is 2.17. The van der Waals surface area contributed by atoms with E-state index in [1.165, 1.54) is 7.11 Å². The molecule has 0 aliphatic heterocycles. The molecule has 1 N–H and O–H groups in total. The molecule has 1 heterocycles. The normalized spacial score (nSPS) is 10.5. The van der Waals surface area contributed by atoms with Gasteiger partial charge in [0.15, 0.2) is 0 Å². The second-order valence-corrected chi connectivity index (χ2v) is 5.43. The van der Waals surface area contributed by atoms with Gasteiger partial charge in [-0.05, 0) is 18.2 Å². The lowest BCUT2D eigenvalue weighted by molar-refractivity contribution is -0.116. The monoisotopic (exact) mass is 338 g/mol. The van der Waals surface area contributed by atoms with Crippen molar-refractivity contribution in [2.24, 2.45) is 0 Å². The van der Waals surface area contributed by atoms with Gasteiger partial charge >= 0.3 is 5.97 Å². The molecular weight excluding hydrogens is 320 g/mol. The van der Waals surface area contributed by atoms with Gasteiger partial charge in [0, 0.05) is 17.1 Å². The van der Waals surface area contributed by atoms with Gasteiger partial charge in [-0.15, -0.1) is 0 Å². The van der Waals surface area contributed by atoms with Crippen molar-refractivity contribution in [3.05, 3.63) is 60.3 Å². The number of benzene rings is 2. The molecule has 1 amide bonds. The first-order chi connectivity index (χ1) is 12.1. The fraction of sp³-hybridized carbons (Fsp3) is 0.158. The van der Waals surface area contributed by atoms with Gasteiger partial charge in [-0.3, -0.25) is 4.79 Å². The van der Waals surface area contributed by atoms with Gasteiger partial charge in [0.1, 0.15) is 12.3 Å². The highest BCUT2D eigenvalue weighted by molar-refractivity contribution is 6.05. The topological polar surface area (TPSA) is 69.6 Å². The fourth-order valence-electron chi connectivity index (χ4n) is 2.74. The molecule has 6 heteroatoms. The third kappa shape index (κ3) is 3.33. The van der Waals surface area contributed by atoms with E-state index in [1.807, 2.05) is 36.4 Å². The molecule has 0 bridgehead atoms.